The third-order valence-electron chi connectivity index (χ3n) is 3.05. The normalized spacial score (nSPS) is 10.6. The van der Waals surface area contributed by atoms with Crippen LogP contribution < -0.4 is 0 Å². The molecule has 0 atom stereocenters. The number of hydrogen-bond donors (Lipinski definition) is 0. The van der Waals surface area contributed by atoms with Crippen molar-refractivity contribution in [1.29, 1.82) is 0 Å². The largest absolute Gasteiger partial charge is 0.298 e. The zero-order chi connectivity index (χ0) is 11.5. The quantitative estimate of drug-likeness (QED) is 0.708. The lowest BCUT2D eigenvalue weighted by atomic mass is 9.97. The number of aryl methyl sites for hydroxylation is 2. The first-order chi connectivity index (χ1) is 7.78. The maximum Gasteiger partial charge on any atom is 0.150 e. The van der Waals surface area contributed by atoms with E-state index in [1.807, 2.05) is 12.1 Å². The van der Waals surface area contributed by atoms with Crippen molar-refractivity contribution in [2.75, 3.05) is 0 Å². The van der Waals surface area contributed by atoms with Crippen molar-refractivity contribution in [3.8, 4) is 0 Å². The molecule has 2 aromatic rings. The highest BCUT2D eigenvalue weighted by Gasteiger charge is 2.03. The van der Waals surface area contributed by atoms with E-state index in [-0.39, 0.29) is 0 Å². The Morgan fingerprint density at radius 1 is 1.06 bits per heavy atom. The van der Waals surface area contributed by atoms with Crippen molar-refractivity contribution in [3.05, 3.63) is 47.0 Å². The molecule has 82 valence electrons. The van der Waals surface area contributed by atoms with Crippen molar-refractivity contribution in [2.45, 2.75) is 26.7 Å². The topological polar surface area (TPSA) is 17.1 Å². The molecule has 0 fully saturated rings. The Balaban J connectivity index is 2.73. The Bertz CT molecular complexity index is 526. The summed E-state index contributed by atoms with van der Waals surface area (Å²) in [5, 5.41) is 2.45. The van der Waals surface area contributed by atoms with Crippen LogP contribution in [0.1, 0.15) is 35.3 Å². The van der Waals surface area contributed by atoms with E-state index in [0.717, 1.165) is 24.7 Å². The summed E-state index contributed by atoms with van der Waals surface area (Å²) in [5.74, 6) is 0. The van der Waals surface area contributed by atoms with E-state index in [4.69, 9.17) is 0 Å². The number of aldehydes is 1. The first-order valence-corrected chi connectivity index (χ1v) is 5.79. The molecule has 0 aliphatic rings. The van der Waals surface area contributed by atoms with Crippen LogP contribution in [0.4, 0.5) is 0 Å². The van der Waals surface area contributed by atoms with Crippen LogP contribution in [-0.4, -0.2) is 6.29 Å². The lowest BCUT2D eigenvalue weighted by molar-refractivity contribution is 0.112. The molecule has 0 spiro atoms. The maximum absolute atomic E-state index is 10.8. The van der Waals surface area contributed by atoms with Crippen molar-refractivity contribution in [2.24, 2.45) is 0 Å². The molecule has 2 rings (SSSR count). The van der Waals surface area contributed by atoms with Gasteiger partial charge in [0.05, 0.1) is 0 Å². The summed E-state index contributed by atoms with van der Waals surface area (Å²) in [7, 11) is 0. The second-order valence-electron chi connectivity index (χ2n) is 4.06. The predicted molar refractivity (Wildman–Crippen MR) is 68.1 cm³/mol. The van der Waals surface area contributed by atoms with Gasteiger partial charge in [-0.2, -0.15) is 0 Å². The molecule has 16 heavy (non-hydrogen) atoms. The van der Waals surface area contributed by atoms with E-state index >= 15 is 0 Å². The number of benzene rings is 2. The first-order valence-electron chi connectivity index (χ1n) is 5.79. The Labute approximate surface area is 96.1 Å². The number of fused-ring (bicyclic) bond motifs is 1. The SMILES string of the molecule is CCc1cc(CC)c2ccc(C=O)cc2c1. The minimum atomic E-state index is 0.753. The fourth-order valence-corrected chi connectivity index (χ4v) is 2.11. The second-order valence-corrected chi connectivity index (χ2v) is 4.06. The van der Waals surface area contributed by atoms with Crippen LogP contribution in [0, 0.1) is 0 Å². The summed E-state index contributed by atoms with van der Waals surface area (Å²) in [6.07, 6.45) is 2.97. The van der Waals surface area contributed by atoms with E-state index < -0.39 is 0 Å². The van der Waals surface area contributed by atoms with E-state index in [0.29, 0.717) is 0 Å². The standard InChI is InChI=1S/C15H16O/c1-3-11-7-13(4-2)15-6-5-12(10-16)9-14(15)8-11/h5-10H,3-4H2,1-2H3. The molecule has 0 aliphatic carbocycles. The van der Waals surface area contributed by atoms with Crippen LogP contribution in [0.25, 0.3) is 10.8 Å². The fraction of sp³-hybridized carbons (Fsp3) is 0.267. The molecular weight excluding hydrogens is 196 g/mol. The minimum Gasteiger partial charge on any atom is -0.298 e. The Kier molecular flexibility index (Phi) is 3.04. The maximum atomic E-state index is 10.8. The number of carbonyl (C=O) groups is 1. The monoisotopic (exact) mass is 212 g/mol. The van der Waals surface area contributed by atoms with Gasteiger partial charge in [-0.1, -0.05) is 38.1 Å². The summed E-state index contributed by atoms with van der Waals surface area (Å²) < 4.78 is 0. The lowest BCUT2D eigenvalue weighted by Gasteiger charge is -2.08. The number of hydrogen-bond acceptors (Lipinski definition) is 1. The van der Waals surface area contributed by atoms with Gasteiger partial charge >= 0.3 is 0 Å². The summed E-state index contributed by atoms with van der Waals surface area (Å²) in [4.78, 5) is 10.8. The highest BCUT2D eigenvalue weighted by Crippen LogP contribution is 2.23. The number of carbonyl (C=O) groups excluding carboxylic acids is 1. The molecule has 0 heterocycles. The number of rotatable bonds is 3. The molecule has 1 heteroatoms. The highest BCUT2D eigenvalue weighted by atomic mass is 16.1. The molecule has 2 aromatic carbocycles. The molecule has 0 amide bonds. The van der Waals surface area contributed by atoms with Crippen molar-refractivity contribution >= 4 is 17.1 Å². The molecule has 0 unspecified atom stereocenters. The molecule has 0 N–H and O–H groups in total. The fourth-order valence-electron chi connectivity index (χ4n) is 2.11. The van der Waals surface area contributed by atoms with Gasteiger partial charge in [-0.25, -0.2) is 0 Å². The zero-order valence-corrected chi connectivity index (χ0v) is 9.79. The van der Waals surface area contributed by atoms with Crippen LogP contribution in [0.2, 0.25) is 0 Å². The van der Waals surface area contributed by atoms with Crippen LogP contribution in [0.5, 0.6) is 0 Å². The summed E-state index contributed by atoms with van der Waals surface area (Å²) in [6, 6.07) is 10.4. The van der Waals surface area contributed by atoms with E-state index in [1.165, 1.54) is 21.9 Å². The van der Waals surface area contributed by atoms with Crippen molar-refractivity contribution in [1.82, 2.24) is 0 Å². The summed E-state index contributed by atoms with van der Waals surface area (Å²) >= 11 is 0. The van der Waals surface area contributed by atoms with Crippen LogP contribution in [-0.2, 0) is 12.8 Å². The van der Waals surface area contributed by atoms with Gasteiger partial charge < -0.3 is 0 Å². The molecule has 0 radical (unpaired) electrons. The average molecular weight is 212 g/mol. The van der Waals surface area contributed by atoms with E-state index in [9.17, 15) is 4.79 Å². The third kappa shape index (κ3) is 1.85. The van der Waals surface area contributed by atoms with Crippen molar-refractivity contribution in [3.63, 3.8) is 0 Å². The molecule has 1 nitrogen and oxygen atoms in total. The molecule has 0 aromatic heterocycles. The van der Waals surface area contributed by atoms with Crippen LogP contribution in [0.3, 0.4) is 0 Å². The Hall–Kier alpha value is -1.63. The minimum absolute atomic E-state index is 0.753. The molecule has 0 saturated carbocycles. The zero-order valence-electron chi connectivity index (χ0n) is 9.79. The smallest absolute Gasteiger partial charge is 0.150 e. The van der Waals surface area contributed by atoms with E-state index in [1.54, 1.807) is 0 Å². The molecule has 0 saturated heterocycles. The van der Waals surface area contributed by atoms with Gasteiger partial charge in [-0.15, -0.1) is 0 Å². The Morgan fingerprint density at radius 3 is 2.50 bits per heavy atom. The van der Waals surface area contributed by atoms with Crippen molar-refractivity contribution < 1.29 is 4.79 Å². The average Bonchev–Trinajstić information content (AvgIpc) is 2.36. The van der Waals surface area contributed by atoms with Gasteiger partial charge in [0.1, 0.15) is 6.29 Å². The Morgan fingerprint density at radius 2 is 1.88 bits per heavy atom. The van der Waals surface area contributed by atoms with Crippen LogP contribution >= 0.6 is 0 Å². The lowest BCUT2D eigenvalue weighted by Crippen LogP contribution is -1.90. The molecule has 0 bridgehead atoms. The molecule has 0 aliphatic heterocycles. The van der Waals surface area contributed by atoms with Crippen LogP contribution in [0.15, 0.2) is 30.3 Å². The summed E-state index contributed by atoms with van der Waals surface area (Å²) in [6.45, 7) is 4.33. The third-order valence-corrected chi connectivity index (χ3v) is 3.05. The molecular formula is C15H16O. The highest BCUT2D eigenvalue weighted by molar-refractivity contribution is 5.91. The predicted octanol–water partition coefficient (Wildman–Crippen LogP) is 3.78. The summed E-state index contributed by atoms with van der Waals surface area (Å²) in [5.41, 5.74) is 3.46. The van der Waals surface area contributed by atoms with Gasteiger partial charge in [0.2, 0.25) is 0 Å². The van der Waals surface area contributed by atoms with E-state index in [2.05, 4.69) is 32.0 Å². The van der Waals surface area contributed by atoms with Gasteiger partial charge in [0.15, 0.2) is 0 Å². The van der Waals surface area contributed by atoms with Gasteiger partial charge in [0, 0.05) is 5.56 Å². The second kappa shape index (κ2) is 4.48. The van der Waals surface area contributed by atoms with Gasteiger partial charge in [0.25, 0.3) is 0 Å². The van der Waals surface area contributed by atoms with Gasteiger partial charge in [-0.05, 0) is 40.8 Å². The first kappa shape index (κ1) is 10.9. The van der Waals surface area contributed by atoms with Gasteiger partial charge in [-0.3, -0.25) is 4.79 Å².